The van der Waals surface area contributed by atoms with Gasteiger partial charge in [0.1, 0.15) is 5.82 Å². The number of nitrogens with zero attached hydrogens (tertiary/aromatic N) is 2. The molecule has 88 valence electrons. The van der Waals surface area contributed by atoms with Gasteiger partial charge in [-0.15, -0.1) is 0 Å². The molecule has 0 aliphatic rings. The van der Waals surface area contributed by atoms with Crippen LogP contribution in [-0.2, 0) is 9.84 Å². The lowest BCUT2D eigenvalue weighted by atomic mass is 10.1. The summed E-state index contributed by atoms with van der Waals surface area (Å²) in [5.74, 6) is 0.658. The molecule has 0 saturated heterocycles. The highest BCUT2D eigenvalue weighted by molar-refractivity contribution is 7.90. The van der Waals surface area contributed by atoms with E-state index in [1.807, 2.05) is 0 Å². The Kier molecular flexibility index (Phi) is 2.93. The number of sulfone groups is 1. The van der Waals surface area contributed by atoms with Crippen molar-refractivity contribution in [2.24, 2.45) is 0 Å². The van der Waals surface area contributed by atoms with Gasteiger partial charge in [0.25, 0.3) is 0 Å². The Morgan fingerprint density at radius 2 is 1.65 bits per heavy atom. The second-order valence-corrected chi connectivity index (χ2v) is 5.77. The zero-order valence-electron chi connectivity index (χ0n) is 9.58. The van der Waals surface area contributed by atoms with Gasteiger partial charge in [0.05, 0.1) is 4.90 Å². The van der Waals surface area contributed by atoms with Crippen molar-refractivity contribution >= 4 is 9.84 Å². The van der Waals surface area contributed by atoms with E-state index in [0.717, 1.165) is 0 Å². The number of hydrogen-bond donors (Lipinski definition) is 0. The summed E-state index contributed by atoms with van der Waals surface area (Å²) in [6.07, 6.45) is 4.46. The zero-order chi connectivity index (χ0) is 12.5. The summed E-state index contributed by atoms with van der Waals surface area (Å²) in [5.41, 5.74) is 1.34. The number of hydrogen-bond acceptors (Lipinski definition) is 4. The van der Waals surface area contributed by atoms with Gasteiger partial charge in [-0.1, -0.05) is 18.2 Å². The Morgan fingerprint density at radius 3 is 2.24 bits per heavy atom. The van der Waals surface area contributed by atoms with E-state index < -0.39 is 9.84 Å². The first-order chi connectivity index (χ1) is 7.98. The normalized spacial score (nSPS) is 11.4. The lowest BCUT2D eigenvalue weighted by Crippen LogP contribution is -2.00. The maximum Gasteiger partial charge on any atom is 0.176 e. The van der Waals surface area contributed by atoms with Gasteiger partial charge in [0.15, 0.2) is 9.84 Å². The SMILES string of the molecule is Cc1ncc(-c2ccccc2S(C)(=O)=O)cn1. The topological polar surface area (TPSA) is 59.9 Å². The van der Waals surface area contributed by atoms with Crippen LogP contribution >= 0.6 is 0 Å². The van der Waals surface area contributed by atoms with Gasteiger partial charge in [-0.2, -0.15) is 0 Å². The standard InChI is InChI=1S/C12H12N2O2S/c1-9-13-7-10(8-14-9)11-5-3-4-6-12(11)17(2,15)16/h3-8H,1-2H3. The molecule has 4 nitrogen and oxygen atoms in total. The minimum absolute atomic E-state index is 0.299. The van der Waals surface area contributed by atoms with Crippen LogP contribution in [0.25, 0.3) is 11.1 Å². The van der Waals surface area contributed by atoms with Gasteiger partial charge >= 0.3 is 0 Å². The maximum absolute atomic E-state index is 11.7. The maximum atomic E-state index is 11.7. The molecule has 2 rings (SSSR count). The van der Waals surface area contributed by atoms with Crippen LogP contribution in [0.1, 0.15) is 5.82 Å². The number of benzene rings is 1. The predicted molar refractivity (Wildman–Crippen MR) is 65.3 cm³/mol. The van der Waals surface area contributed by atoms with Gasteiger partial charge in [-0.25, -0.2) is 18.4 Å². The lowest BCUT2D eigenvalue weighted by molar-refractivity contribution is 0.602. The summed E-state index contributed by atoms with van der Waals surface area (Å²) in [7, 11) is -3.25. The summed E-state index contributed by atoms with van der Waals surface area (Å²) in [4.78, 5) is 8.44. The molecule has 0 atom stereocenters. The van der Waals surface area contributed by atoms with Crippen LogP contribution in [0.5, 0.6) is 0 Å². The first-order valence-electron chi connectivity index (χ1n) is 5.06. The number of rotatable bonds is 2. The van der Waals surface area contributed by atoms with E-state index in [2.05, 4.69) is 9.97 Å². The highest BCUT2D eigenvalue weighted by atomic mass is 32.2. The number of aryl methyl sites for hydroxylation is 1. The Labute approximate surface area is 100 Å². The van der Waals surface area contributed by atoms with Crippen molar-refractivity contribution in [3.05, 3.63) is 42.5 Å². The average molecular weight is 248 g/mol. The molecule has 0 fully saturated rings. The van der Waals surface area contributed by atoms with E-state index in [4.69, 9.17) is 0 Å². The molecule has 0 aliphatic heterocycles. The lowest BCUT2D eigenvalue weighted by Gasteiger charge is -2.07. The Bertz CT molecular complexity index is 634. The molecule has 1 aromatic heterocycles. The fourth-order valence-electron chi connectivity index (χ4n) is 1.56. The van der Waals surface area contributed by atoms with Crippen molar-refractivity contribution in [3.8, 4) is 11.1 Å². The first-order valence-corrected chi connectivity index (χ1v) is 6.96. The van der Waals surface area contributed by atoms with Crippen molar-refractivity contribution in [3.63, 3.8) is 0 Å². The monoisotopic (exact) mass is 248 g/mol. The quantitative estimate of drug-likeness (QED) is 0.813. The number of aromatic nitrogens is 2. The van der Waals surface area contributed by atoms with Gasteiger partial charge in [-0.3, -0.25) is 0 Å². The smallest absolute Gasteiger partial charge is 0.176 e. The van der Waals surface area contributed by atoms with E-state index >= 15 is 0 Å². The zero-order valence-corrected chi connectivity index (χ0v) is 10.4. The highest BCUT2D eigenvalue weighted by Gasteiger charge is 2.13. The Morgan fingerprint density at radius 1 is 1.06 bits per heavy atom. The summed E-state index contributed by atoms with van der Waals surface area (Å²) < 4.78 is 23.3. The van der Waals surface area contributed by atoms with Crippen molar-refractivity contribution in [2.45, 2.75) is 11.8 Å². The largest absolute Gasteiger partial charge is 0.241 e. The third-order valence-electron chi connectivity index (χ3n) is 2.38. The van der Waals surface area contributed by atoms with Crippen molar-refractivity contribution in [1.29, 1.82) is 0 Å². The summed E-state index contributed by atoms with van der Waals surface area (Å²) in [5, 5.41) is 0. The molecule has 0 N–H and O–H groups in total. The van der Waals surface area contributed by atoms with E-state index in [9.17, 15) is 8.42 Å². The van der Waals surface area contributed by atoms with Crippen molar-refractivity contribution in [2.75, 3.05) is 6.26 Å². The molecule has 1 heterocycles. The van der Waals surface area contributed by atoms with E-state index in [1.165, 1.54) is 6.26 Å². The molecule has 0 spiro atoms. The van der Waals surface area contributed by atoms with Crippen LogP contribution in [0.15, 0.2) is 41.6 Å². The van der Waals surface area contributed by atoms with Crippen LogP contribution in [0, 0.1) is 6.92 Å². The second kappa shape index (κ2) is 4.25. The van der Waals surface area contributed by atoms with Gasteiger partial charge in [0, 0.05) is 29.8 Å². The van der Waals surface area contributed by atoms with Crippen LogP contribution in [0.3, 0.4) is 0 Å². The molecule has 5 heteroatoms. The van der Waals surface area contributed by atoms with Crippen LogP contribution in [0.2, 0.25) is 0 Å². The second-order valence-electron chi connectivity index (χ2n) is 3.79. The molecule has 1 aromatic carbocycles. The molecule has 17 heavy (non-hydrogen) atoms. The van der Waals surface area contributed by atoms with Gasteiger partial charge in [0.2, 0.25) is 0 Å². The molecular formula is C12H12N2O2S. The fraction of sp³-hybridized carbons (Fsp3) is 0.167. The Hall–Kier alpha value is -1.75. The molecule has 0 radical (unpaired) electrons. The summed E-state index contributed by atoms with van der Waals surface area (Å²) >= 11 is 0. The average Bonchev–Trinajstić information content (AvgIpc) is 2.29. The third kappa shape index (κ3) is 2.50. The summed E-state index contributed by atoms with van der Waals surface area (Å²) in [6.45, 7) is 1.78. The fourth-order valence-corrected chi connectivity index (χ4v) is 2.47. The first kappa shape index (κ1) is 11.7. The van der Waals surface area contributed by atoms with Gasteiger partial charge in [-0.05, 0) is 13.0 Å². The summed E-state index contributed by atoms with van der Waals surface area (Å²) in [6, 6.07) is 6.84. The van der Waals surface area contributed by atoms with E-state index in [0.29, 0.717) is 21.8 Å². The van der Waals surface area contributed by atoms with Crippen LogP contribution in [-0.4, -0.2) is 24.6 Å². The molecule has 0 bridgehead atoms. The Balaban J connectivity index is 2.64. The van der Waals surface area contributed by atoms with Crippen molar-refractivity contribution in [1.82, 2.24) is 9.97 Å². The van der Waals surface area contributed by atoms with Crippen LogP contribution in [0.4, 0.5) is 0 Å². The molecule has 0 aliphatic carbocycles. The minimum atomic E-state index is -3.25. The molecular weight excluding hydrogens is 236 g/mol. The van der Waals surface area contributed by atoms with Gasteiger partial charge < -0.3 is 0 Å². The molecule has 2 aromatic rings. The molecule has 0 unspecified atom stereocenters. The highest BCUT2D eigenvalue weighted by Crippen LogP contribution is 2.25. The van der Waals surface area contributed by atoms with E-state index in [1.54, 1.807) is 43.6 Å². The molecule has 0 amide bonds. The minimum Gasteiger partial charge on any atom is -0.241 e. The van der Waals surface area contributed by atoms with Crippen molar-refractivity contribution < 1.29 is 8.42 Å². The third-order valence-corrected chi connectivity index (χ3v) is 3.53. The van der Waals surface area contributed by atoms with E-state index in [-0.39, 0.29) is 0 Å². The predicted octanol–water partition coefficient (Wildman–Crippen LogP) is 1.86. The van der Waals surface area contributed by atoms with Crippen LogP contribution < -0.4 is 0 Å². The molecule has 0 saturated carbocycles.